The molecule has 0 atom stereocenters. The number of nitrogens with one attached hydrogen (secondary N) is 2. The lowest BCUT2D eigenvalue weighted by Crippen LogP contribution is -2.04. The van der Waals surface area contributed by atoms with Crippen LogP contribution in [-0.4, -0.2) is 22.7 Å². The molecule has 0 aliphatic heterocycles. The summed E-state index contributed by atoms with van der Waals surface area (Å²) < 4.78 is 2.75. The van der Waals surface area contributed by atoms with Crippen LogP contribution in [0.4, 0.5) is 0 Å². The monoisotopic (exact) mass is 217 g/mol. The molecule has 1 heterocycles. The van der Waals surface area contributed by atoms with Gasteiger partial charge in [-0.15, -0.1) is 0 Å². The molecular formula is C8H15N3O2S. The van der Waals surface area contributed by atoms with Crippen LogP contribution in [0.25, 0.3) is 0 Å². The van der Waals surface area contributed by atoms with Crippen molar-refractivity contribution in [2.24, 2.45) is 0 Å². The Kier molecular flexibility index (Phi) is 15.8. The smallest absolute Gasteiger partial charge is 0.348 e. The molecule has 80 valence electrons. The third-order valence-corrected chi connectivity index (χ3v) is 1.28. The minimum absolute atomic E-state index is 0.250. The van der Waals surface area contributed by atoms with E-state index in [1.807, 2.05) is 20.0 Å². The molecule has 0 radical (unpaired) electrons. The predicted octanol–water partition coefficient (Wildman–Crippen LogP) is 0.829. The van der Waals surface area contributed by atoms with Crippen molar-refractivity contribution in [3.8, 4) is 0 Å². The van der Waals surface area contributed by atoms with E-state index >= 15 is 0 Å². The van der Waals surface area contributed by atoms with Crippen LogP contribution in [0.2, 0.25) is 0 Å². The van der Waals surface area contributed by atoms with Crippen molar-refractivity contribution >= 4 is 19.0 Å². The van der Waals surface area contributed by atoms with Crippen LogP contribution < -0.4 is 4.72 Å². The number of rotatable bonds is 3. The van der Waals surface area contributed by atoms with E-state index in [1.165, 1.54) is 0 Å². The van der Waals surface area contributed by atoms with E-state index in [4.69, 9.17) is 9.59 Å². The molecule has 0 bridgehead atoms. The SMILES string of the molecule is CC.O=C=O.SNCCc1cnc[nH]1. The third kappa shape index (κ3) is 10.9. The van der Waals surface area contributed by atoms with Crippen molar-refractivity contribution in [3.63, 3.8) is 0 Å². The normalized spacial score (nSPS) is 7.36. The van der Waals surface area contributed by atoms with Gasteiger partial charge in [0, 0.05) is 24.9 Å². The molecule has 5 nitrogen and oxygen atoms in total. The van der Waals surface area contributed by atoms with Gasteiger partial charge in [0.1, 0.15) is 0 Å². The highest BCUT2D eigenvalue weighted by Crippen LogP contribution is 1.89. The number of carbonyl (C=O) groups excluding carboxylic acids is 2. The summed E-state index contributed by atoms with van der Waals surface area (Å²) >= 11 is 3.85. The van der Waals surface area contributed by atoms with Gasteiger partial charge in [-0.1, -0.05) is 26.7 Å². The fourth-order valence-corrected chi connectivity index (χ4v) is 0.724. The Balaban J connectivity index is 0. The number of aromatic amines is 1. The zero-order valence-electron chi connectivity index (χ0n) is 8.28. The number of imidazole rings is 1. The van der Waals surface area contributed by atoms with E-state index < -0.39 is 0 Å². The Hall–Kier alpha value is -1.10. The second-order valence-corrected chi connectivity index (χ2v) is 2.13. The van der Waals surface area contributed by atoms with Crippen molar-refractivity contribution in [3.05, 3.63) is 18.2 Å². The summed E-state index contributed by atoms with van der Waals surface area (Å²) in [6.45, 7) is 4.87. The topological polar surface area (TPSA) is 74.8 Å². The zero-order valence-corrected chi connectivity index (χ0v) is 9.17. The highest BCUT2D eigenvalue weighted by molar-refractivity contribution is 7.78. The average Bonchev–Trinajstić information content (AvgIpc) is 2.72. The van der Waals surface area contributed by atoms with E-state index in [0.29, 0.717) is 0 Å². The van der Waals surface area contributed by atoms with Crippen LogP contribution in [0.5, 0.6) is 0 Å². The van der Waals surface area contributed by atoms with E-state index in [0.717, 1.165) is 18.7 Å². The molecule has 0 aliphatic rings. The number of H-pyrrole nitrogens is 1. The maximum atomic E-state index is 8.12. The quantitative estimate of drug-likeness (QED) is 0.656. The van der Waals surface area contributed by atoms with Crippen LogP contribution in [0, 0.1) is 0 Å². The molecule has 6 heteroatoms. The van der Waals surface area contributed by atoms with Crippen molar-refractivity contribution < 1.29 is 9.59 Å². The summed E-state index contributed by atoms with van der Waals surface area (Å²) in [6, 6.07) is 0. The number of aromatic nitrogens is 2. The molecule has 0 saturated carbocycles. The van der Waals surface area contributed by atoms with Crippen molar-refractivity contribution in [1.29, 1.82) is 0 Å². The molecule has 1 aromatic rings. The van der Waals surface area contributed by atoms with Crippen LogP contribution in [-0.2, 0) is 16.0 Å². The first-order valence-electron chi connectivity index (χ1n) is 4.18. The van der Waals surface area contributed by atoms with E-state index in [2.05, 4.69) is 27.5 Å². The van der Waals surface area contributed by atoms with Gasteiger partial charge in [0.05, 0.1) is 6.33 Å². The summed E-state index contributed by atoms with van der Waals surface area (Å²) in [5.74, 6) is 0. The van der Waals surface area contributed by atoms with Gasteiger partial charge in [-0.25, -0.2) is 4.98 Å². The predicted molar refractivity (Wildman–Crippen MR) is 55.6 cm³/mol. The summed E-state index contributed by atoms with van der Waals surface area (Å²) in [6.07, 6.45) is 4.68. The van der Waals surface area contributed by atoms with Crippen LogP contribution in [0.15, 0.2) is 12.5 Å². The zero-order chi connectivity index (χ0) is 11.2. The molecule has 14 heavy (non-hydrogen) atoms. The van der Waals surface area contributed by atoms with Crippen molar-refractivity contribution in [2.45, 2.75) is 20.3 Å². The summed E-state index contributed by atoms with van der Waals surface area (Å²) in [7, 11) is 0. The molecule has 0 amide bonds. The fraction of sp³-hybridized carbons (Fsp3) is 0.500. The molecule has 2 N–H and O–H groups in total. The Morgan fingerprint density at radius 2 is 2.14 bits per heavy atom. The van der Waals surface area contributed by atoms with E-state index in [1.54, 1.807) is 6.33 Å². The Bertz CT molecular complexity index is 221. The highest BCUT2D eigenvalue weighted by Gasteiger charge is 1.89. The Morgan fingerprint density at radius 1 is 1.57 bits per heavy atom. The van der Waals surface area contributed by atoms with Gasteiger partial charge in [-0.2, -0.15) is 9.59 Å². The second-order valence-electron chi connectivity index (χ2n) is 1.82. The number of hydrogen-bond acceptors (Lipinski definition) is 5. The first kappa shape index (κ1) is 15.4. The standard InChI is InChI=1S/C5H9N3S.C2H6.CO2/c9-8-2-1-5-3-6-4-7-5;1-2;2-1-3/h3-4,8-9H,1-2H2,(H,6,7);1-2H3;. The van der Waals surface area contributed by atoms with Crippen molar-refractivity contribution in [1.82, 2.24) is 14.7 Å². The molecule has 0 unspecified atom stereocenters. The maximum absolute atomic E-state index is 8.12. The number of thiol groups is 1. The van der Waals surface area contributed by atoms with Crippen LogP contribution >= 0.6 is 12.8 Å². The minimum Gasteiger partial charge on any atom is -0.348 e. The van der Waals surface area contributed by atoms with Gasteiger partial charge in [-0.3, -0.25) is 4.72 Å². The van der Waals surface area contributed by atoms with Gasteiger partial charge >= 0.3 is 6.15 Å². The van der Waals surface area contributed by atoms with Gasteiger partial charge in [0.25, 0.3) is 0 Å². The first-order chi connectivity index (χ1) is 6.85. The molecule has 0 fully saturated rings. The number of nitrogens with zero attached hydrogens (tertiary/aromatic N) is 1. The minimum atomic E-state index is 0.250. The van der Waals surface area contributed by atoms with Crippen LogP contribution in [0.1, 0.15) is 19.5 Å². The largest absolute Gasteiger partial charge is 0.373 e. The summed E-state index contributed by atoms with van der Waals surface area (Å²) in [5.41, 5.74) is 1.14. The molecule has 0 aromatic carbocycles. The maximum Gasteiger partial charge on any atom is 0.373 e. The molecule has 0 spiro atoms. The highest BCUT2D eigenvalue weighted by atomic mass is 32.1. The Labute approximate surface area is 88.9 Å². The average molecular weight is 217 g/mol. The molecule has 0 aliphatic carbocycles. The molecular weight excluding hydrogens is 202 g/mol. The van der Waals surface area contributed by atoms with E-state index in [-0.39, 0.29) is 6.15 Å². The summed E-state index contributed by atoms with van der Waals surface area (Å²) in [5, 5.41) is 0. The van der Waals surface area contributed by atoms with Crippen LogP contribution in [0.3, 0.4) is 0 Å². The lowest BCUT2D eigenvalue weighted by atomic mass is 10.3. The van der Waals surface area contributed by atoms with Crippen molar-refractivity contribution in [2.75, 3.05) is 6.54 Å². The molecule has 1 aromatic heterocycles. The van der Waals surface area contributed by atoms with Gasteiger partial charge in [-0.05, 0) is 0 Å². The Morgan fingerprint density at radius 3 is 2.50 bits per heavy atom. The first-order valence-corrected chi connectivity index (χ1v) is 4.63. The third-order valence-electron chi connectivity index (χ3n) is 1.06. The van der Waals surface area contributed by atoms with Gasteiger partial charge in [0.15, 0.2) is 0 Å². The van der Waals surface area contributed by atoms with Gasteiger partial charge in [0.2, 0.25) is 0 Å². The fourth-order valence-electron chi connectivity index (χ4n) is 0.612. The summed E-state index contributed by atoms with van der Waals surface area (Å²) in [4.78, 5) is 23.1. The molecule has 0 saturated heterocycles. The van der Waals surface area contributed by atoms with E-state index in [9.17, 15) is 0 Å². The molecule has 1 rings (SSSR count). The number of hydrogen-bond donors (Lipinski definition) is 3. The lowest BCUT2D eigenvalue weighted by molar-refractivity contribution is -0.191. The lowest BCUT2D eigenvalue weighted by Gasteiger charge is -1.92. The van der Waals surface area contributed by atoms with Gasteiger partial charge < -0.3 is 4.98 Å². The second kappa shape index (κ2) is 14.4.